The largest absolute Gasteiger partial charge is 0.384 e. The van der Waals surface area contributed by atoms with Crippen molar-refractivity contribution in [1.29, 1.82) is 0 Å². The zero-order valence-electron chi connectivity index (χ0n) is 13.4. The van der Waals surface area contributed by atoms with Gasteiger partial charge in [-0.2, -0.15) is 0 Å². The Morgan fingerprint density at radius 2 is 1.38 bits per heavy atom. The van der Waals surface area contributed by atoms with Crippen LogP contribution < -0.4 is 0 Å². The maximum atomic E-state index is 5.22. The Hall–Kier alpha value is -0.680. The molecule has 1 aliphatic rings. The van der Waals surface area contributed by atoms with Gasteiger partial charge in [0.1, 0.15) is 0 Å². The molecule has 4 nitrogen and oxygen atoms in total. The SMILES string of the molecule is C.COCC1(COC)CC=CCC1.COCC=CCOC. The molecule has 0 aromatic rings. The third-order valence-electron chi connectivity index (χ3n) is 3.15. The van der Waals surface area contributed by atoms with Gasteiger partial charge in [0.05, 0.1) is 26.4 Å². The predicted molar refractivity (Wildman–Crippen MR) is 88.8 cm³/mol. The van der Waals surface area contributed by atoms with E-state index in [9.17, 15) is 0 Å². The van der Waals surface area contributed by atoms with Crippen LogP contribution in [0.15, 0.2) is 24.3 Å². The zero-order valence-corrected chi connectivity index (χ0v) is 13.4. The van der Waals surface area contributed by atoms with Crippen LogP contribution in [-0.2, 0) is 18.9 Å². The van der Waals surface area contributed by atoms with Crippen molar-refractivity contribution >= 4 is 0 Å². The van der Waals surface area contributed by atoms with Crippen molar-refractivity contribution in [2.24, 2.45) is 5.41 Å². The first-order valence-electron chi connectivity index (χ1n) is 7.00. The maximum Gasteiger partial charge on any atom is 0.0644 e. The normalized spacial score (nSPS) is 16.2. The van der Waals surface area contributed by atoms with Gasteiger partial charge in [-0.1, -0.05) is 31.7 Å². The topological polar surface area (TPSA) is 36.9 Å². The van der Waals surface area contributed by atoms with E-state index in [4.69, 9.17) is 18.9 Å². The summed E-state index contributed by atoms with van der Waals surface area (Å²) in [5.74, 6) is 0. The first kappa shape index (κ1) is 22.6. The second-order valence-corrected chi connectivity index (χ2v) is 4.96. The van der Waals surface area contributed by atoms with Gasteiger partial charge in [-0.15, -0.1) is 0 Å². The van der Waals surface area contributed by atoms with E-state index >= 15 is 0 Å². The molecule has 1 aliphatic carbocycles. The number of methoxy groups -OCH3 is 4. The maximum absolute atomic E-state index is 5.22. The van der Waals surface area contributed by atoms with Gasteiger partial charge in [-0.25, -0.2) is 0 Å². The number of hydrogen-bond donors (Lipinski definition) is 0. The average molecular weight is 302 g/mol. The molecule has 1 rings (SSSR count). The molecule has 0 aromatic carbocycles. The van der Waals surface area contributed by atoms with Gasteiger partial charge < -0.3 is 18.9 Å². The van der Waals surface area contributed by atoms with Gasteiger partial charge in [0, 0.05) is 33.9 Å². The van der Waals surface area contributed by atoms with Crippen LogP contribution in [0.4, 0.5) is 0 Å². The third kappa shape index (κ3) is 11.6. The van der Waals surface area contributed by atoms with Crippen molar-refractivity contribution in [3.63, 3.8) is 0 Å². The van der Waals surface area contributed by atoms with Crippen LogP contribution in [0.1, 0.15) is 26.7 Å². The smallest absolute Gasteiger partial charge is 0.0644 e. The molecule has 0 heterocycles. The summed E-state index contributed by atoms with van der Waals surface area (Å²) >= 11 is 0. The van der Waals surface area contributed by atoms with E-state index in [0.717, 1.165) is 26.1 Å². The van der Waals surface area contributed by atoms with E-state index in [2.05, 4.69) is 12.2 Å². The summed E-state index contributed by atoms with van der Waals surface area (Å²) in [6.45, 7) is 2.96. The van der Waals surface area contributed by atoms with Crippen LogP contribution in [0.25, 0.3) is 0 Å². The molecular formula is C17H34O4. The molecule has 4 heteroatoms. The quantitative estimate of drug-likeness (QED) is 0.643. The molecule has 0 N–H and O–H groups in total. The lowest BCUT2D eigenvalue weighted by Gasteiger charge is -2.33. The number of ether oxygens (including phenoxy) is 4. The Bertz CT molecular complexity index is 248. The molecule has 0 spiro atoms. The van der Waals surface area contributed by atoms with Gasteiger partial charge in [0.15, 0.2) is 0 Å². The molecule has 0 fully saturated rings. The third-order valence-corrected chi connectivity index (χ3v) is 3.15. The van der Waals surface area contributed by atoms with E-state index in [1.807, 2.05) is 12.2 Å². The van der Waals surface area contributed by atoms with Gasteiger partial charge in [0.25, 0.3) is 0 Å². The van der Waals surface area contributed by atoms with Crippen LogP contribution in [-0.4, -0.2) is 54.9 Å². The monoisotopic (exact) mass is 302 g/mol. The van der Waals surface area contributed by atoms with E-state index in [-0.39, 0.29) is 12.8 Å². The highest BCUT2D eigenvalue weighted by Gasteiger charge is 2.29. The number of hydrogen-bond acceptors (Lipinski definition) is 4. The predicted octanol–water partition coefficient (Wildman–Crippen LogP) is 3.48. The fourth-order valence-corrected chi connectivity index (χ4v) is 2.19. The summed E-state index contributed by atoms with van der Waals surface area (Å²) in [5, 5.41) is 0. The Morgan fingerprint density at radius 1 is 0.857 bits per heavy atom. The second kappa shape index (κ2) is 15.7. The molecule has 0 atom stereocenters. The number of allylic oxidation sites excluding steroid dienone is 2. The van der Waals surface area contributed by atoms with Crippen LogP contribution >= 0.6 is 0 Å². The van der Waals surface area contributed by atoms with Crippen molar-refractivity contribution in [3.8, 4) is 0 Å². The Labute approximate surface area is 131 Å². The Morgan fingerprint density at radius 3 is 1.71 bits per heavy atom. The first-order chi connectivity index (χ1) is 9.74. The van der Waals surface area contributed by atoms with Crippen molar-refractivity contribution in [2.75, 3.05) is 54.9 Å². The molecule has 0 bridgehead atoms. The van der Waals surface area contributed by atoms with E-state index in [1.165, 1.54) is 6.42 Å². The fraction of sp³-hybridized carbons (Fsp3) is 0.765. The fourth-order valence-electron chi connectivity index (χ4n) is 2.19. The molecule has 126 valence electrons. The summed E-state index contributed by atoms with van der Waals surface area (Å²) in [5.41, 5.74) is 0.248. The average Bonchev–Trinajstić information content (AvgIpc) is 2.46. The summed E-state index contributed by atoms with van der Waals surface area (Å²) in [6.07, 6.45) is 11.8. The molecule has 0 amide bonds. The molecular weight excluding hydrogens is 268 g/mol. The second-order valence-electron chi connectivity index (χ2n) is 4.96. The van der Waals surface area contributed by atoms with Gasteiger partial charge in [0.2, 0.25) is 0 Å². The zero-order chi connectivity index (χ0) is 15.1. The lowest BCUT2D eigenvalue weighted by atomic mass is 9.78. The summed E-state index contributed by atoms with van der Waals surface area (Å²) in [7, 11) is 6.85. The highest BCUT2D eigenvalue weighted by molar-refractivity contribution is 4.97. The van der Waals surface area contributed by atoms with E-state index in [1.54, 1.807) is 28.4 Å². The lowest BCUT2D eigenvalue weighted by molar-refractivity contribution is 0.00437. The molecule has 0 aliphatic heterocycles. The summed E-state index contributed by atoms with van der Waals surface area (Å²) in [4.78, 5) is 0. The Balaban J connectivity index is 0. The minimum absolute atomic E-state index is 0. The highest BCUT2D eigenvalue weighted by Crippen LogP contribution is 2.33. The van der Waals surface area contributed by atoms with Gasteiger partial charge in [-0.05, 0) is 19.3 Å². The highest BCUT2D eigenvalue weighted by atomic mass is 16.5. The molecule has 0 aromatic heterocycles. The first-order valence-corrected chi connectivity index (χ1v) is 7.00. The summed E-state index contributed by atoms with van der Waals surface area (Å²) < 4.78 is 19.9. The molecule has 0 saturated carbocycles. The van der Waals surface area contributed by atoms with Crippen LogP contribution in [0.2, 0.25) is 0 Å². The number of rotatable bonds is 8. The van der Waals surface area contributed by atoms with Crippen molar-refractivity contribution in [2.45, 2.75) is 26.7 Å². The van der Waals surface area contributed by atoms with E-state index in [0.29, 0.717) is 13.2 Å². The molecule has 0 saturated heterocycles. The minimum atomic E-state index is 0. The van der Waals surface area contributed by atoms with Crippen LogP contribution in [0, 0.1) is 5.41 Å². The minimum Gasteiger partial charge on any atom is -0.384 e. The lowest BCUT2D eigenvalue weighted by Crippen LogP contribution is -2.32. The summed E-state index contributed by atoms with van der Waals surface area (Å²) in [6, 6.07) is 0. The Kier molecular flexibility index (Phi) is 16.9. The molecule has 0 unspecified atom stereocenters. The van der Waals surface area contributed by atoms with Crippen LogP contribution in [0.3, 0.4) is 0 Å². The van der Waals surface area contributed by atoms with Gasteiger partial charge in [-0.3, -0.25) is 0 Å². The van der Waals surface area contributed by atoms with Crippen LogP contribution in [0.5, 0.6) is 0 Å². The molecule has 21 heavy (non-hydrogen) atoms. The van der Waals surface area contributed by atoms with Crippen molar-refractivity contribution < 1.29 is 18.9 Å². The molecule has 0 radical (unpaired) electrons. The van der Waals surface area contributed by atoms with Crippen molar-refractivity contribution in [3.05, 3.63) is 24.3 Å². The standard InChI is InChI=1S/C10H18O2.C6H12O2.CH4/c1-11-8-10(9-12-2)6-4-3-5-7-10;1-7-5-3-4-6-8-2;/h3-4H,5-9H2,1-2H3;3-4H,5-6H2,1-2H3;1H4. The van der Waals surface area contributed by atoms with E-state index < -0.39 is 0 Å². The van der Waals surface area contributed by atoms with Gasteiger partial charge >= 0.3 is 0 Å². The van der Waals surface area contributed by atoms with Crippen molar-refractivity contribution in [1.82, 2.24) is 0 Å².